The van der Waals surface area contributed by atoms with Crippen LogP contribution in [0.2, 0.25) is 5.02 Å². The number of anilines is 2. The molecule has 0 saturated carbocycles. The van der Waals surface area contributed by atoms with E-state index in [-0.39, 0.29) is 0 Å². The van der Waals surface area contributed by atoms with Gasteiger partial charge in [-0.3, -0.25) is 0 Å². The molecule has 0 radical (unpaired) electrons. The van der Waals surface area contributed by atoms with E-state index in [1.165, 1.54) is 0 Å². The molecule has 16 heavy (non-hydrogen) atoms. The molecule has 2 rings (SSSR count). The van der Waals surface area contributed by atoms with Crippen LogP contribution in [0.5, 0.6) is 0 Å². The van der Waals surface area contributed by atoms with Crippen molar-refractivity contribution in [1.29, 1.82) is 0 Å². The Kier molecular flexibility index (Phi) is 3.78. The first-order valence-electron chi connectivity index (χ1n) is 4.35. The van der Waals surface area contributed by atoms with Gasteiger partial charge in [0.1, 0.15) is 0 Å². The monoisotopic (exact) mass is 361 g/mol. The van der Waals surface area contributed by atoms with Crippen LogP contribution in [-0.4, -0.2) is 9.97 Å². The fraction of sp³-hybridized carbons (Fsp3) is 0. The molecular weight excluding hydrogens is 357 g/mol. The molecule has 1 aromatic heterocycles. The summed E-state index contributed by atoms with van der Waals surface area (Å²) < 4.78 is 1.63. The highest BCUT2D eigenvalue weighted by molar-refractivity contribution is 9.11. The summed E-state index contributed by atoms with van der Waals surface area (Å²) in [5.74, 6) is 0.520. The van der Waals surface area contributed by atoms with Gasteiger partial charge in [0.05, 0.1) is 19.7 Å². The van der Waals surface area contributed by atoms with E-state index in [1.807, 2.05) is 12.1 Å². The number of hydrogen-bond acceptors (Lipinski definition) is 3. The zero-order chi connectivity index (χ0) is 11.5. The Labute approximate surface area is 115 Å². The largest absolute Gasteiger partial charge is 0.323 e. The van der Waals surface area contributed by atoms with Crippen LogP contribution < -0.4 is 5.32 Å². The van der Waals surface area contributed by atoms with Gasteiger partial charge in [-0.25, -0.2) is 9.97 Å². The first-order chi connectivity index (χ1) is 7.66. The van der Waals surface area contributed by atoms with Crippen LogP contribution in [-0.2, 0) is 0 Å². The Morgan fingerprint density at radius 2 is 1.81 bits per heavy atom. The maximum absolute atomic E-state index is 5.97. The van der Waals surface area contributed by atoms with Crippen LogP contribution in [0, 0.1) is 0 Å². The average Bonchev–Trinajstić information content (AvgIpc) is 2.28. The van der Waals surface area contributed by atoms with Crippen molar-refractivity contribution in [3.05, 3.63) is 44.6 Å². The molecule has 0 spiro atoms. The first-order valence-corrected chi connectivity index (χ1v) is 6.32. The molecule has 3 nitrogen and oxygen atoms in total. The number of nitrogens with zero attached hydrogens (tertiary/aromatic N) is 2. The van der Waals surface area contributed by atoms with E-state index in [9.17, 15) is 0 Å². The minimum absolute atomic E-state index is 0.520. The summed E-state index contributed by atoms with van der Waals surface area (Å²) in [4.78, 5) is 8.22. The van der Waals surface area contributed by atoms with Crippen LogP contribution in [0.25, 0.3) is 0 Å². The van der Waals surface area contributed by atoms with Crippen molar-refractivity contribution in [3.63, 3.8) is 0 Å². The third kappa shape index (κ3) is 2.72. The highest BCUT2D eigenvalue weighted by Crippen LogP contribution is 2.31. The third-order valence-corrected chi connectivity index (χ3v) is 3.63. The van der Waals surface area contributed by atoms with Crippen molar-refractivity contribution in [2.75, 3.05) is 5.32 Å². The number of hydrogen-bond donors (Lipinski definition) is 1. The quantitative estimate of drug-likeness (QED) is 0.859. The fourth-order valence-electron chi connectivity index (χ4n) is 1.10. The van der Waals surface area contributed by atoms with Crippen molar-refractivity contribution < 1.29 is 0 Å². The van der Waals surface area contributed by atoms with Crippen LogP contribution >= 0.6 is 43.5 Å². The van der Waals surface area contributed by atoms with Gasteiger partial charge in [-0.1, -0.05) is 17.7 Å². The minimum Gasteiger partial charge on any atom is -0.323 e. The van der Waals surface area contributed by atoms with E-state index in [2.05, 4.69) is 47.1 Å². The van der Waals surface area contributed by atoms with E-state index >= 15 is 0 Å². The summed E-state index contributed by atoms with van der Waals surface area (Å²) in [5, 5.41) is 3.71. The van der Waals surface area contributed by atoms with Gasteiger partial charge in [0.2, 0.25) is 5.95 Å². The highest BCUT2D eigenvalue weighted by Gasteiger charge is 2.04. The number of rotatable bonds is 2. The second-order valence-electron chi connectivity index (χ2n) is 2.95. The highest BCUT2D eigenvalue weighted by atomic mass is 79.9. The zero-order valence-corrected chi connectivity index (χ0v) is 11.8. The standard InChI is InChI=1S/C10H6Br2ClN3/c11-6-4-14-10(15-5-6)16-8-3-1-2-7(13)9(8)12/h1-5H,(H,14,15,16). The maximum Gasteiger partial charge on any atom is 0.227 e. The molecule has 6 heteroatoms. The number of aromatic nitrogens is 2. The predicted octanol–water partition coefficient (Wildman–Crippen LogP) is 4.40. The lowest BCUT2D eigenvalue weighted by atomic mass is 10.3. The van der Waals surface area contributed by atoms with E-state index in [0.29, 0.717) is 11.0 Å². The van der Waals surface area contributed by atoms with Gasteiger partial charge in [-0.2, -0.15) is 0 Å². The van der Waals surface area contributed by atoms with Gasteiger partial charge in [0.15, 0.2) is 0 Å². The Bertz CT molecular complexity index is 502. The van der Waals surface area contributed by atoms with Crippen molar-refractivity contribution in [2.45, 2.75) is 0 Å². The van der Waals surface area contributed by atoms with Crippen molar-refractivity contribution in [2.24, 2.45) is 0 Å². The Balaban J connectivity index is 2.27. The van der Waals surface area contributed by atoms with Gasteiger partial charge in [-0.15, -0.1) is 0 Å². The fourth-order valence-corrected chi connectivity index (χ4v) is 1.84. The summed E-state index contributed by atoms with van der Waals surface area (Å²) in [7, 11) is 0. The van der Waals surface area contributed by atoms with E-state index < -0.39 is 0 Å². The molecular formula is C10H6Br2ClN3. The lowest BCUT2D eigenvalue weighted by molar-refractivity contribution is 1.15. The van der Waals surface area contributed by atoms with E-state index in [0.717, 1.165) is 14.6 Å². The lowest BCUT2D eigenvalue weighted by Gasteiger charge is -2.07. The van der Waals surface area contributed by atoms with Gasteiger partial charge in [-0.05, 0) is 44.0 Å². The molecule has 1 heterocycles. The van der Waals surface area contributed by atoms with Gasteiger partial charge >= 0.3 is 0 Å². The smallest absolute Gasteiger partial charge is 0.227 e. The Morgan fingerprint density at radius 3 is 2.50 bits per heavy atom. The number of nitrogens with one attached hydrogen (secondary N) is 1. The molecule has 0 atom stereocenters. The topological polar surface area (TPSA) is 37.8 Å². The number of halogens is 3. The van der Waals surface area contributed by atoms with Crippen LogP contribution in [0.1, 0.15) is 0 Å². The second-order valence-corrected chi connectivity index (χ2v) is 5.07. The molecule has 0 aliphatic rings. The molecule has 0 fully saturated rings. The van der Waals surface area contributed by atoms with Crippen LogP contribution in [0.3, 0.4) is 0 Å². The molecule has 0 saturated heterocycles. The summed E-state index contributed by atoms with van der Waals surface area (Å²) in [6.45, 7) is 0. The van der Waals surface area contributed by atoms with Gasteiger partial charge < -0.3 is 5.32 Å². The molecule has 2 aromatic rings. The molecule has 0 unspecified atom stereocenters. The predicted molar refractivity (Wildman–Crippen MR) is 72.2 cm³/mol. The van der Waals surface area contributed by atoms with Gasteiger partial charge in [0, 0.05) is 12.4 Å². The zero-order valence-electron chi connectivity index (χ0n) is 7.92. The van der Waals surface area contributed by atoms with E-state index in [4.69, 9.17) is 11.6 Å². The van der Waals surface area contributed by atoms with Crippen LogP contribution in [0.15, 0.2) is 39.5 Å². The van der Waals surface area contributed by atoms with Crippen LogP contribution in [0.4, 0.5) is 11.6 Å². The molecule has 1 aromatic carbocycles. The maximum atomic E-state index is 5.97. The summed E-state index contributed by atoms with van der Waals surface area (Å²) >= 11 is 12.6. The molecule has 82 valence electrons. The van der Waals surface area contributed by atoms with Crippen molar-refractivity contribution in [1.82, 2.24) is 9.97 Å². The Hall–Kier alpha value is -0.650. The van der Waals surface area contributed by atoms with E-state index in [1.54, 1.807) is 18.5 Å². The molecule has 1 N–H and O–H groups in total. The number of benzene rings is 1. The summed E-state index contributed by atoms with van der Waals surface area (Å²) in [5.41, 5.74) is 0.829. The molecule has 0 bridgehead atoms. The van der Waals surface area contributed by atoms with Gasteiger partial charge in [0.25, 0.3) is 0 Å². The second kappa shape index (κ2) is 5.12. The Morgan fingerprint density at radius 1 is 1.12 bits per heavy atom. The molecule has 0 amide bonds. The molecule has 0 aliphatic carbocycles. The third-order valence-electron chi connectivity index (χ3n) is 1.82. The SMILES string of the molecule is Clc1cccc(Nc2ncc(Br)cn2)c1Br. The normalized spacial score (nSPS) is 10.2. The molecule has 0 aliphatic heterocycles. The lowest BCUT2D eigenvalue weighted by Crippen LogP contribution is -1.96. The summed E-state index contributed by atoms with van der Waals surface area (Å²) in [6, 6.07) is 5.55. The minimum atomic E-state index is 0.520. The first kappa shape index (κ1) is 11.8. The van der Waals surface area contributed by atoms with Crippen molar-refractivity contribution in [3.8, 4) is 0 Å². The average molecular weight is 363 g/mol. The summed E-state index contributed by atoms with van der Waals surface area (Å²) in [6.07, 6.45) is 3.35. The van der Waals surface area contributed by atoms with Crippen molar-refractivity contribution >= 4 is 55.1 Å².